The Morgan fingerprint density at radius 1 is 1.45 bits per heavy atom. The molecule has 0 saturated heterocycles. The number of para-hydroxylation sites is 1. The first kappa shape index (κ1) is 13.9. The van der Waals surface area contributed by atoms with Gasteiger partial charge in [0.2, 0.25) is 5.16 Å². The molecule has 0 saturated carbocycles. The van der Waals surface area contributed by atoms with Crippen molar-refractivity contribution in [1.82, 2.24) is 20.2 Å². The number of hydrogen-bond acceptors (Lipinski definition) is 7. The maximum atomic E-state index is 10.9. The van der Waals surface area contributed by atoms with Gasteiger partial charge in [-0.1, -0.05) is 30.0 Å². The molecule has 1 aromatic carbocycles. The van der Waals surface area contributed by atoms with E-state index in [1.54, 1.807) is 18.2 Å². The summed E-state index contributed by atoms with van der Waals surface area (Å²) < 4.78 is 1.13. The van der Waals surface area contributed by atoms with Crippen molar-refractivity contribution in [2.45, 2.75) is 17.5 Å². The maximum Gasteiger partial charge on any atom is 0.325 e. The Morgan fingerprint density at radius 3 is 2.90 bits per heavy atom. The summed E-state index contributed by atoms with van der Waals surface area (Å²) in [6.45, 7) is -0.355. The molecule has 20 heavy (non-hydrogen) atoms. The third-order valence-corrected chi connectivity index (χ3v) is 3.34. The lowest BCUT2D eigenvalue weighted by Crippen LogP contribution is -2.11. The summed E-state index contributed by atoms with van der Waals surface area (Å²) in [5, 5.41) is 30.5. The molecule has 1 N–H and O–H groups in total. The molecule has 104 valence electrons. The highest BCUT2D eigenvalue weighted by molar-refractivity contribution is 7.98. The quantitative estimate of drug-likeness (QED) is 0.474. The molecule has 0 aliphatic heterocycles. The van der Waals surface area contributed by atoms with Crippen LogP contribution < -0.4 is 0 Å². The van der Waals surface area contributed by atoms with E-state index >= 15 is 0 Å². The summed E-state index contributed by atoms with van der Waals surface area (Å²) in [4.78, 5) is 21.0. The van der Waals surface area contributed by atoms with Crippen molar-refractivity contribution in [3.05, 3.63) is 39.9 Å². The van der Waals surface area contributed by atoms with Gasteiger partial charge in [-0.2, -0.15) is 0 Å². The molecule has 9 nitrogen and oxygen atoms in total. The molecule has 1 heterocycles. The van der Waals surface area contributed by atoms with E-state index in [2.05, 4.69) is 15.5 Å². The first-order valence-electron chi connectivity index (χ1n) is 5.41. The molecular formula is C10H9N5O4S. The Morgan fingerprint density at radius 2 is 2.20 bits per heavy atom. The van der Waals surface area contributed by atoms with Crippen molar-refractivity contribution in [1.29, 1.82) is 0 Å². The standard InChI is InChI=1S/C10H9N5O4S/c16-9(17)5-14-10(11-12-13-14)20-6-7-3-1-2-4-8(7)15(18)19/h1-4H,5-6H2,(H,16,17). The van der Waals surface area contributed by atoms with Crippen LogP contribution in [0.5, 0.6) is 0 Å². The molecule has 2 aromatic rings. The summed E-state index contributed by atoms with van der Waals surface area (Å²) in [5.74, 6) is -0.790. The highest BCUT2D eigenvalue weighted by Crippen LogP contribution is 2.26. The number of carboxylic acid groups (broad SMARTS) is 1. The monoisotopic (exact) mass is 295 g/mol. The number of benzene rings is 1. The fourth-order valence-electron chi connectivity index (χ4n) is 1.48. The Hall–Kier alpha value is -2.49. The normalized spacial score (nSPS) is 10.4. The molecule has 0 aliphatic rings. The van der Waals surface area contributed by atoms with Gasteiger partial charge < -0.3 is 5.11 Å². The maximum absolute atomic E-state index is 10.9. The van der Waals surface area contributed by atoms with E-state index in [1.807, 2.05) is 0 Å². The minimum Gasteiger partial charge on any atom is -0.480 e. The van der Waals surface area contributed by atoms with Crippen LogP contribution in [0.4, 0.5) is 5.69 Å². The number of carboxylic acids is 1. The average Bonchev–Trinajstić information content (AvgIpc) is 2.83. The molecule has 0 bridgehead atoms. The highest BCUT2D eigenvalue weighted by atomic mass is 32.2. The largest absolute Gasteiger partial charge is 0.480 e. The van der Waals surface area contributed by atoms with Gasteiger partial charge in [0.05, 0.1) is 4.92 Å². The molecule has 2 rings (SSSR count). The molecule has 0 unspecified atom stereocenters. The van der Waals surface area contributed by atoms with Crippen molar-refractivity contribution in [2.75, 3.05) is 0 Å². The van der Waals surface area contributed by atoms with E-state index < -0.39 is 10.9 Å². The number of hydrogen-bond donors (Lipinski definition) is 1. The van der Waals surface area contributed by atoms with E-state index in [0.717, 1.165) is 16.4 Å². The Labute approximate surface area is 116 Å². The zero-order valence-electron chi connectivity index (χ0n) is 10.0. The first-order chi connectivity index (χ1) is 9.58. The van der Waals surface area contributed by atoms with Crippen molar-refractivity contribution >= 4 is 23.4 Å². The van der Waals surface area contributed by atoms with Gasteiger partial charge in [0.25, 0.3) is 5.69 Å². The number of carbonyl (C=O) groups is 1. The van der Waals surface area contributed by atoms with Gasteiger partial charge in [-0.05, 0) is 10.4 Å². The first-order valence-corrected chi connectivity index (χ1v) is 6.39. The number of rotatable bonds is 6. The Kier molecular flexibility index (Phi) is 4.25. The predicted octanol–water partition coefficient (Wildman–Crippen LogP) is 0.958. The van der Waals surface area contributed by atoms with Crippen LogP contribution >= 0.6 is 11.8 Å². The fourth-order valence-corrected chi connectivity index (χ4v) is 2.35. The van der Waals surface area contributed by atoms with Crippen LogP contribution in [0, 0.1) is 10.1 Å². The molecule has 0 fully saturated rings. The lowest BCUT2D eigenvalue weighted by atomic mass is 10.2. The number of nitrogens with zero attached hydrogens (tertiary/aromatic N) is 5. The lowest BCUT2D eigenvalue weighted by molar-refractivity contribution is -0.385. The zero-order chi connectivity index (χ0) is 14.5. The van der Waals surface area contributed by atoms with Crippen LogP contribution in [-0.2, 0) is 17.1 Å². The summed E-state index contributed by atoms with van der Waals surface area (Å²) in [5.41, 5.74) is 0.532. The van der Waals surface area contributed by atoms with Gasteiger partial charge in [0.15, 0.2) is 0 Å². The predicted molar refractivity (Wildman–Crippen MR) is 68.1 cm³/mol. The van der Waals surface area contributed by atoms with Crippen molar-refractivity contribution in [2.24, 2.45) is 0 Å². The van der Waals surface area contributed by atoms with Gasteiger partial charge in [-0.25, -0.2) is 4.68 Å². The summed E-state index contributed by atoms with van der Waals surface area (Å²) >= 11 is 1.14. The molecule has 1 aromatic heterocycles. The number of nitro benzene ring substituents is 1. The van der Waals surface area contributed by atoms with Crippen molar-refractivity contribution in [3.63, 3.8) is 0 Å². The SMILES string of the molecule is O=C(O)Cn1nnnc1SCc1ccccc1[N+](=O)[O-]. The summed E-state index contributed by atoms with van der Waals surface area (Å²) in [6.07, 6.45) is 0. The zero-order valence-corrected chi connectivity index (χ0v) is 10.9. The van der Waals surface area contributed by atoms with E-state index in [1.165, 1.54) is 6.07 Å². The molecule has 0 spiro atoms. The van der Waals surface area contributed by atoms with Crippen molar-refractivity contribution < 1.29 is 14.8 Å². The van der Waals surface area contributed by atoms with Crippen LogP contribution in [0.3, 0.4) is 0 Å². The minimum atomic E-state index is -1.06. The number of thioether (sulfide) groups is 1. The third kappa shape index (κ3) is 3.29. The lowest BCUT2D eigenvalue weighted by Gasteiger charge is -2.02. The third-order valence-electron chi connectivity index (χ3n) is 2.33. The molecule has 0 radical (unpaired) electrons. The number of tetrazole rings is 1. The second kappa shape index (κ2) is 6.10. The van der Waals surface area contributed by atoms with Gasteiger partial charge in [0.1, 0.15) is 6.54 Å². The number of nitro groups is 1. The molecular weight excluding hydrogens is 286 g/mol. The summed E-state index contributed by atoms with van der Waals surface area (Å²) in [7, 11) is 0. The van der Waals surface area contributed by atoms with Crippen LogP contribution in [0.15, 0.2) is 29.4 Å². The van der Waals surface area contributed by atoms with Crippen LogP contribution in [0.2, 0.25) is 0 Å². The smallest absolute Gasteiger partial charge is 0.325 e. The number of aliphatic carboxylic acids is 1. The van der Waals surface area contributed by atoms with E-state index in [0.29, 0.717) is 10.7 Å². The molecule has 0 atom stereocenters. The molecule has 0 aliphatic carbocycles. The van der Waals surface area contributed by atoms with Gasteiger partial charge in [-0.15, -0.1) is 5.10 Å². The van der Waals surface area contributed by atoms with Crippen LogP contribution in [-0.4, -0.2) is 36.2 Å². The Balaban J connectivity index is 2.11. The van der Waals surface area contributed by atoms with E-state index in [9.17, 15) is 14.9 Å². The second-order valence-electron chi connectivity index (χ2n) is 3.69. The molecule has 10 heteroatoms. The second-order valence-corrected chi connectivity index (χ2v) is 4.63. The minimum absolute atomic E-state index is 0.0114. The Bertz CT molecular complexity index is 644. The molecule has 0 amide bonds. The van der Waals surface area contributed by atoms with Crippen LogP contribution in [0.25, 0.3) is 0 Å². The van der Waals surface area contributed by atoms with E-state index in [-0.39, 0.29) is 18.0 Å². The van der Waals surface area contributed by atoms with Gasteiger partial charge in [0, 0.05) is 17.4 Å². The van der Waals surface area contributed by atoms with E-state index in [4.69, 9.17) is 5.11 Å². The number of aromatic nitrogens is 4. The van der Waals surface area contributed by atoms with Gasteiger partial charge in [-0.3, -0.25) is 14.9 Å². The topological polar surface area (TPSA) is 124 Å². The summed E-state index contributed by atoms with van der Waals surface area (Å²) in [6, 6.07) is 6.33. The fraction of sp³-hybridized carbons (Fsp3) is 0.200. The van der Waals surface area contributed by atoms with Crippen molar-refractivity contribution in [3.8, 4) is 0 Å². The highest BCUT2D eigenvalue weighted by Gasteiger charge is 2.15. The van der Waals surface area contributed by atoms with Crippen LogP contribution in [0.1, 0.15) is 5.56 Å². The van der Waals surface area contributed by atoms with Gasteiger partial charge >= 0.3 is 5.97 Å². The average molecular weight is 295 g/mol.